The minimum absolute atomic E-state index is 0.00998. The van der Waals surface area contributed by atoms with E-state index >= 15 is 0 Å². The number of nitrogen functional groups attached to an aromatic ring is 1. The Hall–Kier alpha value is -3.68. The van der Waals surface area contributed by atoms with E-state index in [1.54, 1.807) is 19.1 Å². The van der Waals surface area contributed by atoms with Crippen molar-refractivity contribution in [2.45, 2.75) is 6.92 Å². The fourth-order valence-corrected chi connectivity index (χ4v) is 3.38. The van der Waals surface area contributed by atoms with Crippen molar-refractivity contribution < 1.29 is 4.79 Å². The van der Waals surface area contributed by atoms with Crippen molar-refractivity contribution in [3.63, 3.8) is 0 Å². The maximum absolute atomic E-state index is 11.6. The van der Waals surface area contributed by atoms with E-state index in [0.29, 0.717) is 22.9 Å². The molecule has 3 heterocycles. The van der Waals surface area contributed by atoms with Crippen molar-refractivity contribution in [3.05, 3.63) is 60.6 Å². The SMILES string of the molecule is CC(=O)c1cccc(Nc2ncnc(N3CCN(c4ccccn4)CC3)c2N)c1. The van der Waals surface area contributed by atoms with Crippen LogP contribution in [0.4, 0.5) is 28.8 Å². The van der Waals surface area contributed by atoms with Crippen LogP contribution in [0.5, 0.6) is 0 Å². The number of benzene rings is 1. The molecule has 1 saturated heterocycles. The molecule has 0 bridgehead atoms. The van der Waals surface area contributed by atoms with Crippen molar-refractivity contribution in [3.8, 4) is 0 Å². The van der Waals surface area contributed by atoms with Crippen LogP contribution in [0, 0.1) is 0 Å². The lowest BCUT2D eigenvalue weighted by Crippen LogP contribution is -2.47. The molecule has 2 aromatic heterocycles. The highest BCUT2D eigenvalue weighted by Crippen LogP contribution is 2.29. The van der Waals surface area contributed by atoms with Crippen LogP contribution in [0.1, 0.15) is 17.3 Å². The average molecular weight is 389 g/mol. The van der Waals surface area contributed by atoms with Gasteiger partial charge in [-0.15, -0.1) is 0 Å². The van der Waals surface area contributed by atoms with Gasteiger partial charge in [-0.05, 0) is 31.2 Å². The van der Waals surface area contributed by atoms with Crippen LogP contribution in [-0.4, -0.2) is 46.9 Å². The number of ketones is 1. The molecular formula is C21H23N7O. The predicted molar refractivity (Wildman–Crippen MR) is 115 cm³/mol. The van der Waals surface area contributed by atoms with Gasteiger partial charge in [0.05, 0.1) is 0 Å². The maximum atomic E-state index is 11.6. The first-order valence-corrected chi connectivity index (χ1v) is 9.51. The molecule has 0 radical (unpaired) electrons. The molecule has 1 fully saturated rings. The highest BCUT2D eigenvalue weighted by Gasteiger charge is 2.22. The number of nitrogens with zero attached hydrogens (tertiary/aromatic N) is 5. The van der Waals surface area contributed by atoms with E-state index in [-0.39, 0.29) is 5.78 Å². The Morgan fingerprint density at radius 3 is 2.52 bits per heavy atom. The number of piperazine rings is 1. The minimum Gasteiger partial charge on any atom is -0.393 e. The third kappa shape index (κ3) is 4.11. The highest BCUT2D eigenvalue weighted by molar-refractivity contribution is 5.95. The van der Waals surface area contributed by atoms with Crippen molar-refractivity contribution in [2.24, 2.45) is 0 Å². The van der Waals surface area contributed by atoms with Gasteiger partial charge in [-0.2, -0.15) is 0 Å². The van der Waals surface area contributed by atoms with E-state index in [1.807, 2.05) is 36.5 Å². The summed E-state index contributed by atoms with van der Waals surface area (Å²) in [5.74, 6) is 2.24. The molecule has 3 N–H and O–H groups in total. The number of nitrogens with one attached hydrogen (secondary N) is 1. The fraction of sp³-hybridized carbons (Fsp3) is 0.238. The van der Waals surface area contributed by atoms with Crippen LogP contribution in [0.2, 0.25) is 0 Å². The number of aromatic nitrogens is 3. The molecule has 0 amide bonds. The lowest BCUT2D eigenvalue weighted by Gasteiger charge is -2.36. The Kier molecular flexibility index (Phi) is 5.24. The van der Waals surface area contributed by atoms with Crippen molar-refractivity contribution in [2.75, 3.05) is 47.0 Å². The number of Topliss-reactive ketones (excluding diaryl/α,β-unsaturated/α-hetero) is 1. The molecule has 4 rings (SSSR count). The second kappa shape index (κ2) is 8.14. The summed E-state index contributed by atoms with van der Waals surface area (Å²) >= 11 is 0. The Labute approximate surface area is 169 Å². The largest absolute Gasteiger partial charge is 0.393 e. The van der Waals surface area contributed by atoms with Crippen molar-refractivity contribution in [1.82, 2.24) is 15.0 Å². The second-order valence-electron chi connectivity index (χ2n) is 6.88. The Bertz CT molecular complexity index is 1000. The molecule has 8 heteroatoms. The van der Waals surface area contributed by atoms with Crippen LogP contribution >= 0.6 is 0 Å². The normalized spacial score (nSPS) is 14.0. The van der Waals surface area contributed by atoms with Crippen LogP contribution in [0.3, 0.4) is 0 Å². The number of pyridine rings is 1. The molecule has 0 unspecified atom stereocenters. The van der Waals surface area contributed by atoms with Crippen LogP contribution in [0.15, 0.2) is 55.0 Å². The number of nitrogens with two attached hydrogens (primary N) is 1. The van der Waals surface area contributed by atoms with E-state index in [1.165, 1.54) is 6.33 Å². The summed E-state index contributed by atoms with van der Waals surface area (Å²) in [4.78, 5) is 29.1. The van der Waals surface area contributed by atoms with E-state index < -0.39 is 0 Å². The molecule has 0 saturated carbocycles. The van der Waals surface area contributed by atoms with Crippen LogP contribution < -0.4 is 20.9 Å². The van der Waals surface area contributed by atoms with Gasteiger partial charge >= 0.3 is 0 Å². The summed E-state index contributed by atoms with van der Waals surface area (Å²) in [5, 5.41) is 3.21. The van der Waals surface area contributed by atoms with Gasteiger partial charge in [0.1, 0.15) is 17.8 Å². The fourth-order valence-electron chi connectivity index (χ4n) is 3.38. The molecule has 0 atom stereocenters. The molecular weight excluding hydrogens is 366 g/mol. The number of carbonyl (C=O) groups excluding carboxylic acids is 1. The zero-order valence-electron chi connectivity index (χ0n) is 16.2. The predicted octanol–water partition coefficient (Wildman–Crippen LogP) is 2.73. The quantitative estimate of drug-likeness (QED) is 0.643. The highest BCUT2D eigenvalue weighted by atomic mass is 16.1. The molecule has 0 aliphatic carbocycles. The third-order valence-electron chi connectivity index (χ3n) is 4.95. The Morgan fingerprint density at radius 1 is 1.00 bits per heavy atom. The first-order chi connectivity index (χ1) is 14.1. The van der Waals surface area contributed by atoms with Crippen molar-refractivity contribution in [1.29, 1.82) is 0 Å². The maximum Gasteiger partial charge on any atom is 0.159 e. The summed E-state index contributed by atoms with van der Waals surface area (Å²) in [6, 6.07) is 13.2. The molecule has 1 aliphatic rings. The van der Waals surface area contributed by atoms with E-state index in [9.17, 15) is 4.79 Å². The zero-order valence-corrected chi connectivity index (χ0v) is 16.2. The summed E-state index contributed by atoms with van der Waals surface area (Å²) in [6.45, 7) is 4.79. The van der Waals surface area contributed by atoms with Gasteiger partial charge in [-0.25, -0.2) is 15.0 Å². The number of carbonyl (C=O) groups is 1. The van der Waals surface area contributed by atoms with Gasteiger partial charge in [-0.3, -0.25) is 4.79 Å². The molecule has 29 heavy (non-hydrogen) atoms. The first-order valence-electron chi connectivity index (χ1n) is 9.51. The second-order valence-corrected chi connectivity index (χ2v) is 6.88. The Morgan fingerprint density at radius 2 is 1.79 bits per heavy atom. The van der Waals surface area contributed by atoms with Gasteiger partial charge in [-0.1, -0.05) is 18.2 Å². The lowest BCUT2D eigenvalue weighted by molar-refractivity contribution is 0.101. The Balaban J connectivity index is 1.49. The smallest absolute Gasteiger partial charge is 0.159 e. The van der Waals surface area contributed by atoms with Gasteiger partial charge in [0.15, 0.2) is 17.4 Å². The number of hydrogen-bond acceptors (Lipinski definition) is 8. The molecule has 148 valence electrons. The summed E-state index contributed by atoms with van der Waals surface area (Å²) in [6.07, 6.45) is 3.32. The summed E-state index contributed by atoms with van der Waals surface area (Å²) < 4.78 is 0. The third-order valence-corrected chi connectivity index (χ3v) is 4.95. The lowest BCUT2D eigenvalue weighted by atomic mass is 10.1. The standard InChI is InChI=1S/C21H23N7O/c1-15(29)16-5-4-6-17(13-16)26-20-19(22)21(25-14-24-20)28-11-9-27(10-12-28)18-7-2-3-8-23-18/h2-8,13-14H,9-12,22H2,1H3,(H,24,25,26). The van der Waals surface area contributed by atoms with Crippen LogP contribution in [-0.2, 0) is 0 Å². The number of anilines is 5. The van der Waals surface area contributed by atoms with Crippen molar-refractivity contribution >= 4 is 34.6 Å². The van der Waals surface area contributed by atoms with Gasteiger partial charge in [0.2, 0.25) is 0 Å². The monoisotopic (exact) mass is 389 g/mol. The molecule has 1 aliphatic heterocycles. The summed E-state index contributed by atoms with van der Waals surface area (Å²) in [7, 11) is 0. The topological polar surface area (TPSA) is 100 Å². The van der Waals surface area contributed by atoms with Gasteiger partial charge < -0.3 is 20.9 Å². The number of hydrogen-bond donors (Lipinski definition) is 2. The molecule has 8 nitrogen and oxygen atoms in total. The first kappa shape index (κ1) is 18.7. The minimum atomic E-state index is 0.00998. The molecule has 3 aromatic rings. The number of rotatable bonds is 5. The molecule has 0 spiro atoms. The van der Waals surface area contributed by atoms with E-state index in [0.717, 1.165) is 37.7 Å². The average Bonchev–Trinajstić information content (AvgIpc) is 2.76. The van der Waals surface area contributed by atoms with Gasteiger partial charge in [0.25, 0.3) is 0 Å². The van der Waals surface area contributed by atoms with E-state index in [2.05, 4.69) is 30.1 Å². The van der Waals surface area contributed by atoms with Crippen LogP contribution in [0.25, 0.3) is 0 Å². The molecule has 1 aromatic carbocycles. The zero-order chi connectivity index (χ0) is 20.2. The van der Waals surface area contributed by atoms with Gasteiger partial charge in [0, 0.05) is 43.6 Å². The van der Waals surface area contributed by atoms with E-state index in [4.69, 9.17) is 5.73 Å². The summed E-state index contributed by atoms with van der Waals surface area (Å²) in [5.41, 5.74) is 8.27.